The number of nitrogens with one attached hydrogen (secondary N) is 1. The molecule has 2 aromatic carbocycles. The van der Waals surface area contributed by atoms with Crippen LogP contribution in [0, 0.1) is 11.6 Å². The molecular weight excluding hydrogens is 524 g/mol. The fourth-order valence-electron chi connectivity index (χ4n) is 4.34. The largest absolute Gasteiger partial charge is 0.480 e. The number of hydrogen-bond donors (Lipinski definition) is 2. The van der Waals surface area contributed by atoms with Gasteiger partial charge in [-0.05, 0) is 65.9 Å². The molecule has 5 rings (SSSR count). The third-order valence-electron chi connectivity index (χ3n) is 6.44. The van der Waals surface area contributed by atoms with E-state index in [-0.39, 0.29) is 10.8 Å². The zero-order valence-electron chi connectivity index (χ0n) is 21.2. The number of amides is 1. The Morgan fingerprint density at radius 1 is 1.13 bits per heavy atom. The van der Waals surface area contributed by atoms with Crippen molar-refractivity contribution in [1.29, 1.82) is 0 Å². The number of aryl methyl sites for hydroxylation is 1. The highest BCUT2D eigenvalue weighted by atomic mass is 32.2. The van der Waals surface area contributed by atoms with Crippen LogP contribution in [-0.4, -0.2) is 54.2 Å². The highest BCUT2D eigenvalue weighted by molar-refractivity contribution is 8.00. The molecule has 0 radical (unpaired) electrons. The lowest BCUT2D eigenvalue weighted by Crippen LogP contribution is -2.40. The minimum atomic E-state index is -0.667. The van der Waals surface area contributed by atoms with Crippen LogP contribution in [0.4, 0.5) is 20.3 Å². The third-order valence-corrected chi connectivity index (χ3v) is 7.31. The lowest BCUT2D eigenvalue weighted by molar-refractivity contribution is -0.135. The van der Waals surface area contributed by atoms with Crippen LogP contribution in [0.2, 0.25) is 0 Å². The van der Waals surface area contributed by atoms with Gasteiger partial charge in [-0.2, -0.15) is 0 Å². The Morgan fingerprint density at radius 2 is 1.95 bits per heavy atom. The van der Waals surface area contributed by atoms with Crippen LogP contribution in [0.15, 0.2) is 59.6 Å². The summed E-state index contributed by atoms with van der Waals surface area (Å²) in [5, 5.41) is 0.878. The summed E-state index contributed by atoms with van der Waals surface area (Å²) in [6, 6.07) is 13.0. The molecule has 0 aliphatic carbocycles. The van der Waals surface area contributed by atoms with Gasteiger partial charge in [0.25, 0.3) is 0 Å². The smallest absolute Gasteiger partial charge is 0.237 e. The van der Waals surface area contributed by atoms with Crippen LogP contribution < -0.4 is 15.2 Å². The number of nitrogen functional groups attached to an aromatic ring is 1. The van der Waals surface area contributed by atoms with Gasteiger partial charge < -0.3 is 24.8 Å². The van der Waals surface area contributed by atoms with E-state index < -0.39 is 11.6 Å². The number of fused-ring (bicyclic) bond motifs is 1. The maximum Gasteiger partial charge on any atom is 0.237 e. The van der Waals surface area contributed by atoms with Crippen LogP contribution in [0.1, 0.15) is 12.0 Å². The van der Waals surface area contributed by atoms with Gasteiger partial charge in [0, 0.05) is 42.7 Å². The predicted molar refractivity (Wildman–Crippen MR) is 147 cm³/mol. The number of morpholine rings is 1. The average Bonchev–Trinajstić information content (AvgIpc) is 2.95. The van der Waals surface area contributed by atoms with Gasteiger partial charge in [0.1, 0.15) is 23.1 Å². The number of pyridine rings is 2. The second kappa shape index (κ2) is 11.8. The van der Waals surface area contributed by atoms with Crippen LogP contribution >= 0.6 is 11.9 Å². The van der Waals surface area contributed by atoms with Crippen molar-refractivity contribution < 1.29 is 23.0 Å². The van der Waals surface area contributed by atoms with E-state index in [1.807, 2.05) is 35.2 Å². The zero-order valence-corrected chi connectivity index (χ0v) is 22.1. The van der Waals surface area contributed by atoms with E-state index in [9.17, 15) is 13.6 Å². The number of rotatable bonds is 8. The number of nitrogens with zero attached hydrogens (tertiary/aromatic N) is 3. The fourth-order valence-corrected chi connectivity index (χ4v) is 5.00. The molecule has 0 atom stereocenters. The maximum absolute atomic E-state index is 14.1. The molecule has 3 heterocycles. The Kier molecular flexibility index (Phi) is 8.08. The van der Waals surface area contributed by atoms with Gasteiger partial charge in [0.05, 0.1) is 30.7 Å². The van der Waals surface area contributed by atoms with Crippen LogP contribution in [-0.2, 0) is 16.0 Å². The van der Waals surface area contributed by atoms with E-state index in [0.29, 0.717) is 56.5 Å². The van der Waals surface area contributed by atoms with E-state index in [4.69, 9.17) is 15.2 Å². The first kappa shape index (κ1) is 26.6. The highest BCUT2D eigenvalue weighted by Crippen LogP contribution is 2.34. The molecular formula is C28H27F2N5O3S. The highest BCUT2D eigenvalue weighted by Gasteiger charge is 2.17. The first-order valence-corrected chi connectivity index (χ1v) is 13.2. The second-order valence-corrected chi connectivity index (χ2v) is 9.84. The van der Waals surface area contributed by atoms with Gasteiger partial charge in [0.15, 0.2) is 0 Å². The molecule has 4 aromatic rings. The number of carbonyl (C=O) groups is 1. The number of methoxy groups -OCH3 is 1. The van der Waals surface area contributed by atoms with Gasteiger partial charge in [-0.1, -0.05) is 6.07 Å². The summed E-state index contributed by atoms with van der Waals surface area (Å²) in [5.74, 6) is -0.491. The molecule has 11 heteroatoms. The molecule has 202 valence electrons. The molecule has 1 aliphatic heterocycles. The van der Waals surface area contributed by atoms with Crippen molar-refractivity contribution in [3.05, 3.63) is 71.9 Å². The summed E-state index contributed by atoms with van der Waals surface area (Å²) in [6.45, 7) is 2.34. The number of benzene rings is 2. The molecule has 3 N–H and O–H groups in total. The fraction of sp³-hybridized carbons (Fsp3) is 0.250. The number of anilines is 2. The molecule has 8 nitrogen and oxygen atoms in total. The Labute approximate surface area is 228 Å². The topological polar surface area (TPSA) is 103 Å². The molecule has 0 saturated carbocycles. The molecule has 0 unspecified atom stereocenters. The van der Waals surface area contributed by atoms with Gasteiger partial charge in [0.2, 0.25) is 11.8 Å². The van der Waals surface area contributed by atoms with E-state index >= 15 is 0 Å². The van der Waals surface area contributed by atoms with Crippen molar-refractivity contribution in [3.8, 4) is 17.0 Å². The van der Waals surface area contributed by atoms with Gasteiger partial charge in [-0.25, -0.2) is 18.7 Å². The van der Waals surface area contributed by atoms with Crippen molar-refractivity contribution in [3.63, 3.8) is 0 Å². The lowest BCUT2D eigenvalue weighted by Gasteiger charge is -2.26. The predicted octanol–water partition coefficient (Wildman–Crippen LogP) is 5.08. The Hall–Kier alpha value is -3.96. The quantitative estimate of drug-likeness (QED) is 0.293. The first-order valence-electron chi connectivity index (χ1n) is 12.4. The standard InChI is InChI=1S/C28H27F2N5O3S/c1-37-28-24(34-39-25-6-4-21(29)15-22(25)30)14-20(16-32-28)17-2-5-23-19(12-17)13-18(27(31)33-23)3-7-26(36)35-8-10-38-11-9-35/h2,4-6,12-16,34H,3,7-11H2,1H3,(H2,31,33). The van der Waals surface area contributed by atoms with E-state index in [1.165, 1.54) is 19.2 Å². The maximum atomic E-state index is 14.1. The first-order chi connectivity index (χ1) is 18.9. The van der Waals surface area contributed by atoms with Gasteiger partial charge >= 0.3 is 0 Å². The summed E-state index contributed by atoms with van der Waals surface area (Å²) >= 11 is 0.993. The summed E-state index contributed by atoms with van der Waals surface area (Å²) in [5.41, 5.74) is 9.96. The number of halogens is 2. The molecule has 1 fully saturated rings. The lowest BCUT2D eigenvalue weighted by atomic mass is 10.0. The van der Waals surface area contributed by atoms with Gasteiger partial charge in [-0.3, -0.25) is 4.79 Å². The number of carbonyl (C=O) groups excluding carboxylic acids is 1. The Balaban J connectivity index is 1.36. The van der Waals surface area contributed by atoms with Crippen LogP contribution in [0.25, 0.3) is 22.0 Å². The average molecular weight is 552 g/mol. The van der Waals surface area contributed by atoms with Crippen LogP contribution in [0.3, 0.4) is 0 Å². The zero-order chi connectivity index (χ0) is 27.4. The normalized spacial score (nSPS) is 13.5. The molecule has 1 amide bonds. The van der Waals surface area contributed by atoms with Crippen molar-refractivity contribution in [1.82, 2.24) is 14.9 Å². The summed E-state index contributed by atoms with van der Waals surface area (Å²) in [7, 11) is 1.49. The van der Waals surface area contributed by atoms with E-state index in [1.54, 1.807) is 6.20 Å². The Bertz CT molecular complexity index is 1510. The minimum Gasteiger partial charge on any atom is -0.480 e. The molecule has 1 aliphatic rings. The number of ether oxygens (including phenoxy) is 2. The molecule has 0 spiro atoms. The van der Waals surface area contributed by atoms with Gasteiger partial charge in [-0.15, -0.1) is 0 Å². The molecule has 0 bridgehead atoms. The number of hydrogen-bond acceptors (Lipinski definition) is 8. The number of aromatic nitrogens is 2. The SMILES string of the molecule is COc1ncc(-c2ccc3nc(N)c(CCC(=O)N4CCOCC4)cc3c2)cc1NSc1ccc(F)cc1F. The van der Waals surface area contributed by atoms with Crippen molar-refractivity contribution in [2.75, 3.05) is 43.9 Å². The second-order valence-electron chi connectivity index (χ2n) is 8.99. The molecule has 2 aromatic heterocycles. The summed E-state index contributed by atoms with van der Waals surface area (Å²) in [6.07, 6.45) is 2.52. The van der Waals surface area contributed by atoms with E-state index in [0.717, 1.165) is 45.6 Å². The Morgan fingerprint density at radius 3 is 2.72 bits per heavy atom. The van der Waals surface area contributed by atoms with Crippen molar-refractivity contribution >= 4 is 40.3 Å². The van der Waals surface area contributed by atoms with Crippen LogP contribution in [0.5, 0.6) is 5.88 Å². The minimum absolute atomic E-state index is 0.0780. The molecule has 1 saturated heterocycles. The molecule has 39 heavy (non-hydrogen) atoms. The van der Waals surface area contributed by atoms with Crippen molar-refractivity contribution in [2.45, 2.75) is 17.7 Å². The summed E-state index contributed by atoms with van der Waals surface area (Å²) in [4.78, 5) is 23.6. The number of nitrogens with two attached hydrogens (primary N) is 1. The summed E-state index contributed by atoms with van der Waals surface area (Å²) < 4.78 is 41.1. The monoisotopic (exact) mass is 551 g/mol. The third kappa shape index (κ3) is 6.21. The van der Waals surface area contributed by atoms with Crippen molar-refractivity contribution in [2.24, 2.45) is 0 Å². The van der Waals surface area contributed by atoms with E-state index in [2.05, 4.69) is 14.7 Å².